The molecule has 0 saturated carbocycles. The molecule has 0 heterocycles. The first-order chi connectivity index (χ1) is 15.8. The van der Waals surface area contributed by atoms with Crippen LogP contribution in [-0.2, 0) is 38.2 Å². The van der Waals surface area contributed by atoms with Crippen LogP contribution in [0.1, 0.15) is 34.1 Å². The number of carbonyl (C=O) groups is 6. The molecule has 0 spiro atoms. The lowest BCUT2D eigenvalue weighted by Crippen LogP contribution is -2.26. The summed E-state index contributed by atoms with van der Waals surface area (Å²) in [5.74, 6) is -1.64. The molecule has 34 heavy (non-hydrogen) atoms. The molecule has 0 bridgehead atoms. The number of hydrogen-bond acceptors (Lipinski definition) is 9. The van der Waals surface area contributed by atoms with E-state index in [1.54, 1.807) is 0 Å². The van der Waals surface area contributed by atoms with Crippen molar-refractivity contribution in [3.05, 3.63) is 50.6 Å². The van der Waals surface area contributed by atoms with E-state index in [1.807, 2.05) is 6.92 Å². The second-order valence-corrected chi connectivity index (χ2v) is 5.88. The van der Waals surface area contributed by atoms with Gasteiger partial charge in [-0.15, -0.1) is 0 Å². The maximum Gasteiger partial charge on any atom is 0.331 e. The van der Waals surface area contributed by atoms with E-state index in [-0.39, 0.29) is 43.3 Å². The van der Waals surface area contributed by atoms with Crippen LogP contribution in [0.25, 0.3) is 0 Å². The topological polar surface area (TPSA) is 165 Å². The summed E-state index contributed by atoms with van der Waals surface area (Å²) < 4.78 is 8.95. The Bertz CT molecular complexity index is 701. The highest BCUT2D eigenvalue weighted by atomic mass is 16.5. The number of aliphatic hydroxyl groups excluding tert-OH is 1. The monoisotopic (exact) mass is 484 g/mol. The number of Topliss-reactive ketones (excluding diaryl/α,β-unsaturated/α-hetero) is 1. The summed E-state index contributed by atoms with van der Waals surface area (Å²) in [6.45, 7) is 18.9. The molecule has 2 amide bonds. The van der Waals surface area contributed by atoms with Crippen molar-refractivity contribution in [3.8, 4) is 0 Å². The van der Waals surface area contributed by atoms with Crippen LogP contribution in [0.3, 0.4) is 0 Å². The molecule has 3 N–H and O–H groups in total. The van der Waals surface area contributed by atoms with Crippen molar-refractivity contribution >= 4 is 35.3 Å². The summed E-state index contributed by atoms with van der Waals surface area (Å²) in [7, 11) is 0. The van der Waals surface area contributed by atoms with Crippen LogP contribution in [0.5, 0.6) is 0 Å². The number of rotatable bonds is 11. The normalized spacial score (nSPS) is 9.09. The Hall–Kier alpha value is -3.86. The third-order valence-corrected chi connectivity index (χ3v) is 2.74. The molecule has 1 atom stereocenters. The van der Waals surface area contributed by atoms with Crippen molar-refractivity contribution < 1.29 is 43.3 Å². The number of aliphatic hydroxyl groups is 1. The van der Waals surface area contributed by atoms with E-state index in [2.05, 4.69) is 46.4 Å². The standard InChI is InChI=1S/C7H12O3.C6H9NO3.C6H9NO2.C4H6O/c1-3-6(8)5-10-7(9)4-2;1-3-6(9)10-4-7-5(2)8;1-3-6(9)7-4-5(2)8;1-3-4(2)5/h4,6,8H,2-3,5H2,1H3;3H,1,4H2,2H3,(H,7,8);3H,1,4H2,2H3,(H,7,9);3H,1H2,2H3. The highest BCUT2D eigenvalue weighted by molar-refractivity contribution is 5.90. The van der Waals surface area contributed by atoms with E-state index < -0.39 is 18.0 Å². The van der Waals surface area contributed by atoms with E-state index in [0.717, 1.165) is 18.2 Å². The lowest BCUT2D eigenvalue weighted by molar-refractivity contribution is -0.141. The molecular weight excluding hydrogens is 448 g/mol. The predicted octanol–water partition coefficient (Wildman–Crippen LogP) is 0.935. The van der Waals surface area contributed by atoms with E-state index in [4.69, 9.17) is 5.11 Å². The number of ether oxygens (including phenoxy) is 2. The Balaban J connectivity index is -0.000000181. The molecule has 0 saturated heterocycles. The highest BCUT2D eigenvalue weighted by Gasteiger charge is 2.02. The minimum atomic E-state index is -0.552. The van der Waals surface area contributed by atoms with Crippen molar-refractivity contribution in [3.63, 3.8) is 0 Å². The van der Waals surface area contributed by atoms with Crippen LogP contribution in [0.2, 0.25) is 0 Å². The van der Waals surface area contributed by atoms with Crippen LogP contribution in [0, 0.1) is 0 Å². The molecule has 0 aliphatic rings. The van der Waals surface area contributed by atoms with Gasteiger partial charge in [-0.05, 0) is 32.4 Å². The zero-order valence-electron chi connectivity index (χ0n) is 20.3. The molecule has 0 aliphatic carbocycles. The largest absolute Gasteiger partial charge is 0.460 e. The third-order valence-electron chi connectivity index (χ3n) is 2.74. The number of hydrogen-bond donors (Lipinski definition) is 3. The molecule has 0 rings (SSSR count). The van der Waals surface area contributed by atoms with Gasteiger partial charge in [-0.2, -0.15) is 0 Å². The second kappa shape index (κ2) is 27.2. The summed E-state index contributed by atoms with van der Waals surface area (Å²) >= 11 is 0. The summed E-state index contributed by atoms with van der Waals surface area (Å²) in [6, 6.07) is 0. The lowest BCUT2D eigenvalue weighted by Gasteiger charge is -2.05. The van der Waals surface area contributed by atoms with Gasteiger partial charge in [-0.1, -0.05) is 33.2 Å². The summed E-state index contributed by atoms with van der Waals surface area (Å²) in [6.07, 6.45) is 4.54. The first-order valence-corrected chi connectivity index (χ1v) is 9.84. The number of nitrogens with one attached hydrogen (secondary N) is 2. The fourth-order valence-corrected chi connectivity index (χ4v) is 0.907. The van der Waals surface area contributed by atoms with Gasteiger partial charge < -0.3 is 25.2 Å². The molecule has 0 radical (unpaired) electrons. The molecule has 0 aromatic carbocycles. The zero-order chi connectivity index (χ0) is 27.5. The highest BCUT2D eigenvalue weighted by Crippen LogP contribution is 1.91. The van der Waals surface area contributed by atoms with Gasteiger partial charge in [-0.25, -0.2) is 9.59 Å². The Labute approximate surface area is 200 Å². The van der Waals surface area contributed by atoms with Crippen LogP contribution in [-0.4, -0.2) is 66.4 Å². The maximum atomic E-state index is 10.4. The van der Waals surface area contributed by atoms with Gasteiger partial charge >= 0.3 is 11.9 Å². The Morgan fingerprint density at radius 3 is 1.62 bits per heavy atom. The van der Waals surface area contributed by atoms with Crippen molar-refractivity contribution in [1.29, 1.82) is 0 Å². The number of esters is 2. The molecule has 0 aromatic rings. The van der Waals surface area contributed by atoms with Crippen molar-refractivity contribution in [2.45, 2.75) is 40.2 Å². The van der Waals surface area contributed by atoms with Crippen LogP contribution in [0.15, 0.2) is 50.6 Å². The number of amides is 2. The van der Waals surface area contributed by atoms with Gasteiger partial charge in [0, 0.05) is 19.1 Å². The average molecular weight is 485 g/mol. The molecule has 0 aromatic heterocycles. The molecule has 0 fully saturated rings. The Morgan fingerprint density at radius 2 is 1.29 bits per heavy atom. The minimum absolute atomic E-state index is 0.0185. The Kier molecular flexibility index (Phi) is 29.9. The SMILES string of the molecule is C=CC(=O)NCC(C)=O.C=CC(=O)OCC(O)CC.C=CC(=O)OCNC(C)=O.C=CC(C)=O. The van der Waals surface area contributed by atoms with Crippen LogP contribution < -0.4 is 10.6 Å². The average Bonchev–Trinajstić information content (AvgIpc) is 2.81. The van der Waals surface area contributed by atoms with Crippen molar-refractivity contribution in [1.82, 2.24) is 10.6 Å². The number of allylic oxidation sites excluding steroid dienone is 1. The van der Waals surface area contributed by atoms with Gasteiger partial charge in [0.2, 0.25) is 11.8 Å². The molecule has 0 aliphatic heterocycles. The Morgan fingerprint density at radius 1 is 0.824 bits per heavy atom. The first-order valence-electron chi connectivity index (χ1n) is 9.84. The van der Waals surface area contributed by atoms with E-state index in [1.165, 1.54) is 26.8 Å². The second-order valence-electron chi connectivity index (χ2n) is 5.88. The predicted molar refractivity (Wildman–Crippen MR) is 127 cm³/mol. The fourth-order valence-electron chi connectivity index (χ4n) is 0.907. The van der Waals surface area contributed by atoms with Crippen molar-refractivity contribution in [2.24, 2.45) is 0 Å². The quantitative estimate of drug-likeness (QED) is 0.220. The van der Waals surface area contributed by atoms with Gasteiger partial charge in [0.1, 0.15) is 12.4 Å². The smallest absolute Gasteiger partial charge is 0.331 e. The summed E-state index contributed by atoms with van der Waals surface area (Å²) in [5.41, 5.74) is 0. The summed E-state index contributed by atoms with van der Waals surface area (Å²) in [4.78, 5) is 61.1. The van der Waals surface area contributed by atoms with Gasteiger partial charge in [0.15, 0.2) is 12.5 Å². The summed E-state index contributed by atoms with van der Waals surface area (Å²) in [5, 5.41) is 13.5. The first kappa shape index (κ1) is 37.5. The van der Waals surface area contributed by atoms with Gasteiger partial charge in [0.25, 0.3) is 0 Å². The zero-order valence-corrected chi connectivity index (χ0v) is 20.3. The van der Waals surface area contributed by atoms with E-state index in [0.29, 0.717) is 6.42 Å². The molecule has 11 heteroatoms. The van der Waals surface area contributed by atoms with Gasteiger partial charge in [-0.3, -0.25) is 19.2 Å². The number of ketones is 2. The minimum Gasteiger partial charge on any atom is -0.460 e. The molecule has 1 unspecified atom stereocenters. The molecular formula is C23H36N2O9. The van der Waals surface area contributed by atoms with Gasteiger partial charge in [0.05, 0.1) is 12.6 Å². The van der Waals surface area contributed by atoms with E-state index >= 15 is 0 Å². The van der Waals surface area contributed by atoms with Crippen molar-refractivity contribution in [2.75, 3.05) is 19.9 Å². The molecule has 192 valence electrons. The maximum absolute atomic E-state index is 10.4. The van der Waals surface area contributed by atoms with E-state index in [9.17, 15) is 28.8 Å². The number of carbonyl (C=O) groups excluding carboxylic acids is 6. The molecule has 11 nitrogen and oxygen atoms in total. The van der Waals surface area contributed by atoms with Crippen LogP contribution >= 0.6 is 0 Å². The third kappa shape index (κ3) is 42.3. The van der Waals surface area contributed by atoms with Crippen LogP contribution in [0.4, 0.5) is 0 Å². The fraction of sp³-hybridized carbons (Fsp3) is 0.391. The lowest BCUT2D eigenvalue weighted by atomic mass is 10.3.